The zero-order chi connectivity index (χ0) is 19.1. The molecule has 1 aliphatic rings. The van der Waals surface area contributed by atoms with E-state index < -0.39 is 0 Å². The summed E-state index contributed by atoms with van der Waals surface area (Å²) in [7, 11) is 1.66. The Balaban J connectivity index is 1.43. The molecule has 0 radical (unpaired) electrons. The SMILES string of the molecule is COc1ccc(CCN2C(=O)CC[C@@H]2CCNCc2ccc(F)cc2)cc1. The van der Waals surface area contributed by atoms with E-state index in [1.165, 1.54) is 17.7 Å². The molecule has 4 nitrogen and oxygen atoms in total. The van der Waals surface area contributed by atoms with Crippen LogP contribution in [0, 0.1) is 5.82 Å². The molecule has 0 spiro atoms. The number of benzene rings is 2. The topological polar surface area (TPSA) is 41.6 Å². The molecule has 3 rings (SSSR count). The van der Waals surface area contributed by atoms with E-state index in [1.807, 2.05) is 17.0 Å². The summed E-state index contributed by atoms with van der Waals surface area (Å²) in [6, 6.07) is 14.9. The molecular weight excluding hydrogens is 343 g/mol. The highest BCUT2D eigenvalue weighted by molar-refractivity contribution is 5.78. The van der Waals surface area contributed by atoms with Gasteiger partial charge in [-0.1, -0.05) is 24.3 Å². The van der Waals surface area contributed by atoms with E-state index in [0.29, 0.717) is 19.0 Å². The standard InChI is InChI=1S/C22H27FN2O2/c1-27-21-9-4-17(5-10-21)13-15-25-20(8-11-22(25)26)12-14-24-16-18-2-6-19(23)7-3-18/h2-7,9-10,20,24H,8,11-16H2,1H3/t20-/m1/s1. The van der Waals surface area contributed by atoms with Gasteiger partial charge in [-0.05, 0) is 61.2 Å². The summed E-state index contributed by atoms with van der Waals surface area (Å²) >= 11 is 0. The maximum absolute atomic E-state index is 12.9. The first-order valence-electron chi connectivity index (χ1n) is 9.53. The summed E-state index contributed by atoms with van der Waals surface area (Å²) in [5, 5.41) is 3.40. The molecule has 1 atom stereocenters. The van der Waals surface area contributed by atoms with Gasteiger partial charge in [-0.25, -0.2) is 4.39 Å². The van der Waals surface area contributed by atoms with Gasteiger partial charge >= 0.3 is 0 Å². The van der Waals surface area contributed by atoms with Gasteiger partial charge in [0.15, 0.2) is 0 Å². The monoisotopic (exact) mass is 370 g/mol. The molecule has 0 saturated carbocycles. The lowest BCUT2D eigenvalue weighted by molar-refractivity contribution is -0.129. The number of ether oxygens (including phenoxy) is 1. The quantitative estimate of drug-likeness (QED) is 0.687. The third-order valence-electron chi connectivity index (χ3n) is 5.15. The number of carbonyl (C=O) groups excluding carboxylic acids is 1. The molecular formula is C22H27FN2O2. The van der Waals surface area contributed by atoms with Crippen LogP contribution >= 0.6 is 0 Å². The number of methoxy groups -OCH3 is 1. The number of likely N-dealkylation sites (tertiary alicyclic amines) is 1. The largest absolute Gasteiger partial charge is 0.497 e. The number of carbonyl (C=O) groups is 1. The number of nitrogens with one attached hydrogen (secondary N) is 1. The Morgan fingerprint density at radius 2 is 1.81 bits per heavy atom. The smallest absolute Gasteiger partial charge is 0.222 e. The Morgan fingerprint density at radius 1 is 1.11 bits per heavy atom. The van der Waals surface area contributed by atoms with Gasteiger partial charge in [0.2, 0.25) is 5.91 Å². The maximum atomic E-state index is 12.9. The molecule has 1 heterocycles. The molecule has 5 heteroatoms. The second-order valence-corrected chi connectivity index (χ2v) is 6.97. The van der Waals surface area contributed by atoms with Crippen molar-refractivity contribution in [1.29, 1.82) is 0 Å². The third-order valence-corrected chi connectivity index (χ3v) is 5.15. The number of hydrogen-bond acceptors (Lipinski definition) is 3. The van der Waals surface area contributed by atoms with E-state index in [9.17, 15) is 9.18 Å². The van der Waals surface area contributed by atoms with Crippen LogP contribution in [0.2, 0.25) is 0 Å². The van der Waals surface area contributed by atoms with Crippen molar-refractivity contribution in [2.75, 3.05) is 20.2 Å². The van der Waals surface area contributed by atoms with Crippen LogP contribution in [0.3, 0.4) is 0 Å². The zero-order valence-corrected chi connectivity index (χ0v) is 15.8. The Kier molecular flexibility index (Phi) is 6.82. The van der Waals surface area contributed by atoms with Crippen molar-refractivity contribution in [1.82, 2.24) is 10.2 Å². The Bertz CT molecular complexity index is 731. The van der Waals surface area contributed by atoms with Crippen LogP contribution in [-0.2, 0) is 17.8 Å². The van der Waals surface area contributed by atoms with Gasteiger partial charge in [-0.2, -0.15) is 0 Å². The molecule has 2 aromatic rings. The fourth-order valence-electron chi connectivity index (χ4n) is 3.55. The number of rotatable bonds is 9. The molecule has 0 bridgehead atoms. The summed E-state index contributed by atoms with van der Waals surface area (Å²) in [6.45, 7) is 2.31. The number of hydrogen-bond donors (Lipinski definition) is 1. The van der Waals surface area contributed by atoms with Crippen LogP contribution in [0.25, 0.3) is 0 Å². The van der Waals surface area contributed by atoms with Gasteiger partial charge < -0.3 is 15.0 Å². The minimum Gasteiger partial charge on any atom is -0.497 e. The molecule has 2 aromatic carbocycles. The van der Waals surface area contributed by atoms with Crippen LogP contribution in [-0.4, -0.2) is 37.0 Å². The van der Waals surface area contributed by atoms with E-state index in [-0.39, 0.29) is 11.7 Å². The Morgan fingerprint density at radius 3 is 2.52 bits per heavy atom. The van der Waals surface area contributed by atoms with Gasteiger partial charge in [0.25, 0.3) is 0 Å². The second-order valence-electron chi connectivity index (χ2n) is 6.97. The van der Waals surface area contributed by atoms with Gasteiger partial charge in [0, 0.05) is 25.6 Å². The molecule has 27 heavy (non-hydrogen) atoms. The molecule has 1 N–H and O–H groups in total. The van der Waals surface area contributed by atoms with Gasteiger partial charge in [-0.3, -0.25) is 4.79 Å². The number of nitrogens with zero attached hydrogens (tertiary/aromatic N) is 1. The number of halogens is 1. The summed E-state index contributed by atoms with van der Waals surface area (Å²) in [5.74, 6) is 0.892. The van der Waals surface area contributed by atoms with E-state index in [2.05, 4.69) is 17.4 Å². The van der Waals surface area contributed by atoms with Crippen LogP contribution in [0.15, 0.2) is 48.5 Å². The lowest BCUT2D eigenvalue weighted by Crippen LogP contribution is -2.36. The van der Waals surface area contributed by atoms with Gasteiger partial charge in [-0.15, -0.1) is 0 Å². The maximum Gasteiger partial charge on any atom is 0.222 e. The third kappa shape index (κ3) is 5.54. The lowest BCUT2D eigenvalue weighted by Gasteiger charge is -2.25. The predicted octanol–water partition coefficient (Wildman–Crippen LogP) is 3.55. The average molecular weight is 370 g/mol. The molecule has 1 aliphatic heterocycles. The normalized spacial score (nSPS) is 16.7. The van der Waals surface area contributed by atoms with Crippen LogP contribution in [0.4, 0.5) is 4.39 Å². The summed E-state index contributed by atoms with van der Waals surface area (Å²) in [5.41, 5.74) is 2.28. The molecule has 1 amide bonds. The predicted molar refractivity (Wildman–Crippen MR) is 104 cm³/mol. The highest BCUT2D eigenvalue weighted by Gasteiger charge is 2.29. The minimum absolute atomic E-state index is 0.212. The van der Waals surface area contributed by atoms with E-state index in [1.54, 1.807) is 19.2 Å². The summed E-state index contributed by atoms with van der Waals surface area (Å²) in [6.07, 6.45) is 3.37. The first kappa shape index (κ1) is 19.4. The molecule has 0 aromatic heterocycles. The van der Waals surface area contributed by atoms with Crippen molar-refractivity contribution < 1.29 is 13.9 Å². The van der Waals surface area contributed by atoms with Gasteiger partial charge in [0.05, 0.1) is 7.11 Å². The molecule has 1 fully saturated rings. The fraction of sp³-hybridized carbons (Fsp3) is 0.409. The average Bonchev–Trinajstić information content (AvgIpc) is 3.05. The van der Waals surface area contributed by atoms with Crippen LogP contribution in [0.1, 0.15) is 30.4 Å². The van der Waals surface area contributed by atoms with Crippen molar-refractivity contribution in [3.05, 3.63) is 65.5 Å². The molecule has 144 valence electrons. The summed E-state index contributed by atoms with van der Waals surface area (Å²) < 4.78 is 18.1. The number of amides is 1. The van der Waals surface area contributed by atoms with Gasteiger partial charge in [0.1, 0.15) is 11.6 Å². The highest BCUT2D eigenvalue weighted by atomic mass is 19.1. The first-order chi connectivity index (χ1) is 13.2. The van der Waals surface area contributed by atoms with Crippen molar-refractivity contribution >= 4 is 5.91 Å². The molecule has 0 aliphatic carbocycles. The Hall–Kier alpha value is -2.40. The van der Waals surface area contributed by atoms with E-state index in [0.717, 1.165) is 43.7 Å². The van der Waals surface area contributed by atoms with Crippen LogP contribution in [0.5, 0.6) is 5.75 Å². The first-order valence-corrected chi connectivity index (χ1v) is 9.53. The lowest BCUT2D eigenvalue weighted by atomic mass is 10.1. The van der Waals surface area contributed by atoms with E-state index in [4.69, 9.17) is 4.74 Å². The summed E-state index contributed by atoms with van der Waals surface area (Å²) in [4.78, 5) is 14.3. The minimum atomic E-state index is -0.212. The molecule has 1 saturated heterocycles. The second kappa shape index (κ2) is 9.51. The highest BCUT2D eigenvalue weighted by Crippen LogP contribution is 2.22. The Labute approximate surface area is 160 Å². The van der Waals surface area contributed by atoms with Crippen molar-refractivity contribution in [3.8, 4) is 5.75 Å². The van der Waals surface area contributed by atoms with Crippen molar-refractivity contribution in [3.63, 3.8) is 0 Å². The van der Waals surface area contributed by atoms with Crippen LogP contribution < -0.4 is 10.1 Å². The zero-order valence-electron chi connectivity index (χ0n) is 15.8. The fourth-order valence-corrected chi connectivity index (χ4v) is 3.55. The van der Waals surface area contributed by atoms with Crippen molar-refractivity contribution in [2.45, 2.75) is 38.3 Å². The van der Waals surface area contributed by atoms with Crippen molar-refractivity contribution in [2.24, 2.45) is 0 Å². The van der Waals surface area contributed by atoms with E-state index >= 15 is 0 Å². The molecule has 0 unspecified atom stereocenters.